The third-order valence-corrected chi connectivity index (χ3v) is 5.75. The fraction of sp³-hybridized carbons (Fsp3) is 0.294. The van der Waals surface area contributed by atoms with Crippen LogP contribution in [-0.4, -0.2) is 24.2 Å². The number of likely N-dealkylation sites (N-methyl/N-ethyl adjacent to an activating group) is 1. The van der Waals surface area contributed by atoms with Crippen molar-refractivity contribution in [2.24, 2.45) is 0 Å². The number of halogens is 1. The lowest BCUT2D eigenvalue weighted by molar-refractivity contribution is 0.311. The zero-order chi connectivity index (χ0) is 13.9. The maximum Gasteiger partial charge on any atom is 0.0242 e. The zero-order valence-electron chi connectivity index (χ0n) is 11.6. The summed E-state index contributed by atoms with van der Waals surface area (Å²) in [6.45, 7) is 2.11. The Morgan fingerprint density at radius 3 is 2.75 bits per heavy atom. The molecule has 0 aliphatic carbocycles. The summed E-state index contributed by atoms with van der Waals surface area (Å²) in [6.07, 6.45) is 0. The Morgan fingerprint density at radius 2 is 1.90 bits per heavy atom. The van der Waals surface area contributed by atoms with Crippen molar-refractivity contribution in [3.8, 4) is 0 Å². The van der Waals surface area contributed by atoms with Crippen LogP contribution in [0.3, 0.4) is 0 Å². The summed E-state index contributed by atoms with van der Waals surface area (Å²) in [5.41, 5.74) is 2.88. The lowest BCUT2D eigenvalue weighted by Gasteiger charge is -2.21. The minimum absolute atomic E-state index is 0.656. The Balaban J connectivity index is 1.66. The molecule has 0 N–H and O–H groups in total. The van der Waals surface area contributed by atoms with Crippen LogP contribution in [0.2, 0.25) is 0 Å². The highest BCUT2D eigenvalue weighted by atomic mass is 79.9. The third-order valence-electron chi connectivity index (χ3n) is 3.73. The van der Waals surface area contributed by atoms with Gasteiger partial charge in [0, 0.05) is 34.1 Å². The summed E-state index contributed by atoms with van der Waals surface area (Å²) in [4.78, 5) is 3.89. The van der Waals surface area contributed by atoms with Crippen molar-refractivity contribution in [3.63, 3.8) is 0 Å². The van der Waals surface area contributed by atoms with Gasteiger partial charge in [-0.1, -0.05) is 52.3 Å². The van der Waals surface area contributed by atoms with Gasteiger partial charge in [-0.25, -0.2) is 0 Å². The second-order valence-corrected chi connectivity index (χ2v) is 7.25. The number of benzene rings is 2. The number of nitrogens with zero attached hydrogens (tertiary/aromatic N) is 1. The highest BCUT2D eigenvalue weighted by Gasteiger charge is 2.23. The van der Waals surface area contributed by atoms with E-state index in [0.29, 0.717) is 5.92 Å². The van der Waals surface area contributed by atoms with Gasteiger partial charge >= 0.3 is 0 Å². The SMILES string of the molecule is CN(Cc1ccccc1Br)CC1CSc2ccccc21. The van der Waals surface area contributed by atoms with Gasteiger partial charge in [-0.05, 0) is 30.3 Å². The van der Waals surface area contributed by atoms with Gasteiger partial charge in [-0.3, -0.25) is 0 Å². The average Bonchev–Trinajstić information content (AvgIpc) is 2.85. The molecule has 0 radical (unpaired) electrons. The minimum atomic E-state index is 0.656. The van der Waals surface area contributed by atoms with Crippen molar-refractivity contribution in [1.29, 1.82) is 0 Å². The summed E-state index contributed by atoms with van der Waals surface area (Å²) in [7, 11) is 2.21. The Kier molecular flexibility index (Phi) is 4.49. The molecule has 0 saturated carbocycles. The summed E-state index contributed by atoms with van der Waals surface area (Å²) in [6, 6.07) is 17.3. The van der Waals surface area contributed by atoms with Crippen molar-refractivity contribution < 1.29 is 0 Å². The van der Waals surface area contributed by atoms with Crippen LogP contribution < -0.4 is 0 Å². The van der Waals surface area contributed by atoms with Crippen molar-refractivity contribution >= 4 is 27.7 Å². The second-order valence-electron chi connectivity index (χ2n) is 5.33. The monoisotopic (exact) mass is 347 g/mol. The van der Waals surface area contributed by atoms with Crippen LogP contribution in [-0.2, 0) is 6.54 Å². The van der Waals surface area contributed by atoms with E-state index in [1.807, 2.05) is 11.8 Å². The molecule has 0 aromatic heterocycles. The Labute approximate surface area is 133 Å². The van der Waals surface area contributed by atoms with E-state index in [-0.39, 0.29) is 0 Å². The molecule has 2 aromatic carbocycles. The van der Waals surface area contributed by atoms with E-state index in [1.165, 1.54) is 26.2 Å². The first-order valence-corrected chi connectivity index (χ1v) is 8.65. The summed E-state index contributed by atoms with van der Waals surface area (Å²) in [5, 5.41) is 0. The van der Waals surface area contributed by atoms with E-state index in [1.54, 1.807) is 0 Å². The van der Waals surface area contributed by atoms with Gasteiger partial charge in [-0.15, -0.1) is 11.8 Å². The molecule has 104 valence electrons. The first kappa shape index (κ1) is 14.2. The molecule has 3 heteroatoms. The molecule has 1 atom stereocenters. The van der Waals surface area contributed by atoms with E-state index in [2.05, 4.69) is 76.4 Å². The number of hydrogen-bond donors (Lipinski definition) is 0. The number of rotatable bonds is 4. The maximum atomic E-state index is 3.63. The molecule has 1 nitrogen and oxygen atoms in total. The van der Waals surface area contributed by atoms with Crippen LogP contribution in [0.25, 0.3) is 0 Å². The molecular weight excluding hydrogens is 330 g/mol. The van der Waals surface area contributed by atoms with Crippen molar-refractivity contribution in [1.82, 2.24) is 4.90 Å². The molecular formula is C17H18BrNS. The van der Waals surface area contributed by atoms with Gasteiger partial charge < -0.3 is 4.90 Å². The van der Waals surface area contributed by atoms with Gasteiger partial charge in [0.25, 0.3) is 0 Å². The van der Waals surface area contributed by atoms with Crippen LogP contribution in [0.4, 0.5) is 0 Å². The average molecular weight is 348 g/mol. The smallest absolute Gasteiger partial charge is 0.0242 e. The Hall–Kier alpha value is -0.770. The highest BCUT2D eigenvalue weighted by molar-refractivity contribution is 9.10. The van der Waals surface area contributed by atoms with E-state index in [0.717, 1.165) is 13.1 Å². The summed E-state index contributed by atoms with van der Waals surface area (Å²) >= 11 is 5.62. The largest absolute Gasteiger partial charge is 0.301 e. The predicted molar refractivity (Wildman–Crippen MR) is 90.4 cm³/mol. The van der Waals surface area contributed by atoms with Gasteiger partial charge in [-0.2, -0.15) is 0 Å². The molecule has 0 bridgehead atoms. The number of thioether (sulfide) groups is 1. The van der Waals surface area contributed by atoms with Crippen LogP contribution in [0.15, 0.2) is 57.9 Å². The molecule has 0 amide bonds. The molecule has 2 aromatic rings. The number of fused-ring (bicyclic) bond motifs is 1. The van der Waals surface area contributed by atoms with Crippen LogP contribution in [0.5, 0.6) is 0 Å². The van der Waals surface area contributed by atoms with Crippen LogP contribution in [0, 0.1) is 0 Å². The lowest BCUT2D eigenvalue weighted by Crippen LogP contribution is -2.24. The van der Waals surface area contributed by atoms with E-state index < -0.39 is 0 Å². The minimum Gasteiger partial charge on any atom is -0.301 e. The third kappa shape index (κ3) is 3.11. The van der Waals surface area contributed by atoms with Crippen molar-refractivity contribution in [3.05, 3.63) is 64.1 Å². The standard InChI is InChI=1S/C17H18BrNS/c1-19(10-13-6-2-4-8-16(13)18)11-14-12-20-17-9-5-3-7-15(14)17/h2-9,14H,10-12H2,1H3. The summed E-state index contributed by atoms with van der Waals surface area (Å²) in [5.74, 6) is 1.86. The van der Waals surface area contributed by atoms with E-state index >= 15 is 0 Å². The fourth-order valence-electron chi connectivity index (χ4n) is 2.74. The van der Waals surface area contributed by atoms with Gasteiger partial charge in [0.2, 0.25) is 0 Å². The molecule has 1 aliphatic rings. The van der Waals surface area contributed by atoms with Crippen molar-refractivity contribution in [2.75, 3.05) is 19.3 Å². The first-order chi connectivity index (χ1) is 9.74. The topological polar surface area (TPSA) is 3.24 Å². The fourth-order valence-corrected chi connectivity index (χ4v) is 4.39. The maximum absolute atomic E-state index is 3.63. The normalized spacial score (nSPS) is 17.4. The molecule has 20 heavy (non-hydrogen) atoms. The zero-order valence-corrected chi connectivity index (χ0v) is 14.0. The molecule has 1 unspecified atom stereocenters. The van der Waals surface area contributed by atoms with Gasteiger partial charge in [0.15, 0.2) is 0 Å². The van der Waals surface area contributed by atoms with E-state index in [4.69, 9.17) is 0 Å². The summed E-state index contributed by atoms with van der Waals surface area (Å²) < 4.78 is 1.20. The quantitative estimate of drug-likeness (QED) is 0.783. The van der Waals surface area contributed by atoms with Crippen molar-refractivity contribution in [2.45, 2.75) is 17.4 Å². The second kappa shape index (κ2) is 6.33. The van der Waals surface area contributed by atoms with Crippen LogP contribution >= 0.6 is 27.7 Å². The first-order valence-electron chi connectivity index (χ1n) is 6.87. The molecule has 1 aliphatic heterocycles. The molecule has 3 rings (SSSR count). The predicted octanol–water partition coefficient (Wildman–Crippen LogP) is 4.77. The Bertz CT molecular complexity index is 599. The molecule has 1 heterocycles. The van der Waals surface area contributed by atoms with Gasteiger partial charge in [0.1, 0.15) is 0 Å². The van der Waals surface area contributed by atoms with Crippen LogP contribution in [0.1, 0.15) is 17.0 Å². The highest BCUT2D eigenvalue weighted by Crippen LogP contribution is 2.39. The Morgan fingerprint density at radius 1 is 1.15 bits per heavy atom. The number of hydrogen-bond acceptors (Lipinski definition) is 2. The van der Waals surface area contributed by atoms with Gasteiger partial charge in [0.05, 0.1) is 0 Å². The molecule has 0 fully saturated rings. The van der Waals surface area contributed by atoms with E-state index in [9.17, 15) is 0 Å². The lowest BCUT2D eigenvalue weighted by atomic mass is 10.0. The molecule has 0 saturated heterocycles. The molecule has 0 spiro atoms.